The standard InChI is InChI=1S/C11H15N/c1-8-4-5-11-10(9(8)2)6-7-12(11)3/h4-5H,6-7H2,1-3H3/p+1. The third-order valence-electron chi connectivity index (χ3n) is 3.08. The Morgan fingerprint density at radius 2 is 2.00 bits per heavy atom. The fourth-order valence-corrected chi connectivity index (χ4v) is 2.04. The van der Waals surface area contributed by atoms with E-state index in [1.165, 1.54) is 29.8 Å². The van der Waals surface area contributed by atoms with Crippen LogP contribution < -0.4 is 4.90 Å². The Labute approximate surface area is 74.0 Å². The molecule has 2 rings (SSSR count). The van der Waals surface area contributed by atoms with Gasteiger partial charge in [-0.05, 0) is 31.0 Å². The first kappa shape index (κ1) is 7.81. The molecular formula is C11H16N+. The number of quaternary nitrogens is 1. The maximum atomic E-state index is 2.28. The number of hydrogen-bond donors (Lipinski definition) is 1. The summed E-state index contributed by atoms with van der Waals surface area (Å²) in [6.45, 7) is 5.70. The largest absolute Gasteiger partial charge is 0.304 e. The summed E-state index contributed by atoms with van der Waals surface area (Å²) in [6.07, 6.45) is 1.26. The van der Waals surface area contributed by atoms with E-state index >= 15 is 0 Å². The van der Waals surface area contributed by atoms with Crippen LogP contribution in [0.2, 0.25) is 0 Å². The molecule has 0 saturated heterocycles. The van der Waals surface area contributed by atoms with E-state index in [1.807, 2.05) is 0 Å². The molecule has 1 aromatic carbocycles. The van der Waals surface area contributed by atoms with Gasteiger partial charge in [-0.3, -0.25) is 0 Å². The number of aryl methyl sites for hydroxylation is 1. The predicted molar refractivity (Wildman–Crippen MR) is 51.0 cm³/mol. The van der Waals surface area contributed by atoms with Crippen LogP contribution in [0.15, 0.2) is 12.1 Å². The van der Waals surface area contributed by atoms with Gasteiger partial charge in [-0.25, -0.2) is 0 Å². The van der Waals surface area contributed by atoms with Gasteiger partial charge in [-0.15, -0.1) is 0 Å². The molecule has 12 heavy (non-hydrogen) atoms. The quantitative estimate of drug-likeness (QED) is 0.580. The Balaban J connectivity index is 2.60. The summed E-state index contributed by atoms with van der Waals surface area (Å²) >= 11 is 0. The molecule has 1 aromatic rings. The fourth-order valence-electron chi connectivity index (χ4n) is 2.04. The molecular weight excluding hydrogens is 146 g/mol. The third-order valence-corrected chi connectivity index (χ3v) is 3.08. The average Bonchev–Trinajstić information content (AvgIpc) is 2.41. The fraction of sp³-hybridized carbons (Fsp3) is 0.455. The number of nitrogens with one attached hydrogen (secondary N) is 1. The summed E-state index contributed by atoms with van der Waals surface area (Å²) in [5.41, 5.74) is 6.04. The molecule has 0 aliphatic carbocycles. The van der Waals surface area contributed by atoms with E-state index in [0.717, 1.165) is 0 Å². The zero-order valence-electron chi connectivity index (χ0n) is 8.07. The molecule has 1 heteroatoms. The van der Waals surface area contributed by atoms with Gasteiger partial charge in [0.05, 0.1) is 13.6 Å². The van der Waals surface area contributed by atoms with Crippen molar-refractivity contribution in [2.24, 2.45) is 0 Å². The van der Waals surface area contributed by atoms with Gasteiger partial charge in [0.25, 0.3) is 0 Å². The minimum Gasteiger partial charge on any atom is -0.304 e. The highest BCUT2D eigenvalue weighted by Crippen LogP contribution is 2.22. The van der Waals surface area contributed by atoms with Gasteiger partial charge >= 0.3 is 0 Å². The van der Waals surface area contributed by atoms with Crippen LogP contribution in [-0.4, -0.2) is 13.6 Å². The first-order valence-electron chi connectivity index (χ1n) is 4.62. The number of fused-ring (bicyclic) bond motifs is 1. The third kappa shape index (κ3) is 0.969. The Morgan fingerprint density at radius 3 is 2.75 bits per heavy atom. The van der Waals surface area contributed by atoms with Crippen molar-refractivity contribution in [2.75, 3.05) is 13.6 Å². The normalized spacial score (nSPS) is 21.1. The lowest BCUT2D eigenvalue weighted by Gasteiger charge is -2.07. The second-order valence-corrected chi connectivity index (χ2v) is 3.81. The molecule has 0 bridgehead atoms. The van der Waals surface area contributed by atoms with Crippen LogP contribution in [-0.2, 0) is 6.42 Å². The van der Waals surface area contributed by atoms with E-state index < -0.39 is 0 Å². The van der Waals surface area contributed by atoms with Gasteiger partial charge in [0, 0.05) is 12.0 Å². The Morgan fingerprint density at radius 1 is 1.25 bits per heavy atom. The molecule has 1 atom stereocenters. The number of rotatable bonds is 0. The van der Waals surface area contributed by atoms with Crippen molar-refractivity contribution in [1.29, 1.82) is 0 Å². The van der Waals surface area contributed by atoms with Gasteiger partial charge in [-0.2, -0.15) is 0 Å². The van der Waals surface area contributed by atoms with Gasteiger partial charge in [0.15, 0.2) is 0 Å². The highest BCUT2D eigenvalue weighted by Gasteiger charge is 2.22. The van der Waals surface area contributed by atoms with Crippen LogP contribution in [0, 0.1) is 13.8 Å². The highest BCUT2D eigenvalue weighted by molar-refractivity contribution is 5.49. The summed E-state index contributed by atoms with van der Waals surface area (Å²) in [7, 11) is 2.25. The van der Waals surface area contributed by atoms with E-state index in [0.29, 0.717) is 0 Å². The molecule has 0 radical (unpaired) electrons. The van der Waals surface area contributed by atoms with E-state index in [-0.39, 0.29) is 0 Å². The maximum Gasteiger partial charge on any atom is 0.134 e. The second-order valence-electron chi connectivity index (χ2n) is 3.81. The molecule has 64 valence electrons. The van der Waals surface area contributed by atoms with Crippen molar-refractivity contribution < 1.29 is 4.90 Å². The second kappa shape index (κ2) is 2.60. The monoisotopic (exact) mass is 162 g/mol. The van der Waals surface area contributed by atoms with Crippen molar-refractivity contribution in [1.82, 2.24) is 0 Å². The zero-order chi connectivity index (χ0) is 8.72. The molecule has 1 aliphatic heterocycles. The minimum atomic E-state index is 1.26. The minimum absolute atomic E-state index is 1.26. The molecule has 0 amide bonds. The van der Waals surface area contributed by atoms with E-state index in [9.17, 15) is 0 Å². The summed E-state index contributed by atoms with van der Waals surface area (Å²) < 4.78 is 0. The van der Waals surface area contributed by atoms with Crippen molar-refractivity contribution >= 4 is 5.69 Å². The van der Waals surface area contributed by atoms with Crippen LogP contribution in [0.1, 0.15) is 16.7 Å². The molecule has 1 nitrogen and oxygen atoms in total. The number of likely N-dealkylation sites (N-methyl/N-ethyl adjacent to an activating group) is 1. The molecule has 0 saturated carbocycles. The van der Waals surface area contributed by atoms with Crippen LogP contribution in [0.25, 0.3) is 0 Å². The molecule has 0 aromatic heterocycles. The SMILES string of the molecule is Cc1ccc2c(c1C)CC[NH+]2C. The summed E-state index contributed by atoms with van der Waals surface area (Å²) in [5, 5.41) is 0. The molecule has 0 fully saturated rings. The van der Waals surface area contributed by atoms with Gasteiger partial charge in [0.2, 0.25) is 0 Å². The zero-order valence-corrected chi connectivity index (χ0v) is 8.07. The number of benzene rings is 1. The van der Waals surface area contributed by atoms with Gasteiger partial charge in [0.1, 0.15) is 5.69 Å². The van der Waals surface area contributed by atoms with E-state index in [2.05, 4.69) is 33.0 Å². The topological polar surface area (TPSA) is 4.44 Å². The molecule has 1 aliphatic rings. The van der Waals surface area contributed by atoms with Gasteiger partial charge < -0.3 is 4.90 Å². The molecule has 1 heterocycles. The molecule has 0 spiro atoms. The van der Waals surface area contributed by atoms with Crippen LogP contribution >= 0.6 is 0 Å². The predicted octanol–water partition coefficient (Wildman–Crippen LogP) is 1.01. The number of hydrogen-bond acceptors (Lipinski definition) is 0. The molecule has 1 N–H and O–H groups in total. The first-order valence-corrected chi connectivity index (χ1v) is 4.62. The smallest absolute Gasteiger partial charge is 0.134 e. The summed E-state index contributed by atoms with van der Waals surface area (Å²) in [5.74, 6) is 0. The van der Waals surface area contributed by atoms with E-state index in [1.54, 1.807) is 10.5 Å². The van der Waals surface area contributed by atoms with Crippen molar-refractivity contribution in [3.8, 4) is 0 Å². The van der Waals surface area contributed by atoms with Crippen molar-refractivity contribution in [2.45, 2.75) is 20.3 Å². The lowest BCUT2D eigenvalue weighted by Crippen LogP contribution is -3.02. The van der Waals surface area contributed by atoms with Crippen molar-refractivity contribution in [3.05, 3.63) is 28.8 Å². The van der Waals surface area contributed by atoms with Gasteiger partial charge in [-0.1, -0.05) is 6.07 Å². The average molecular weight is 162 g/mol. The first-order chi connectivity index (χ1) is 5.70. The lowest BCUT2D eigenvalue weighted by atomic mass is 10.0. The van der Waals surface area contributed by atoms with E-state index in [4.69, 9.17) is 0 Å². The van der Waals surface area contributed by atoms with Crippen LogP contribution in [0.3, 0.4) is 0 Å². The maximum absolute atomic E-state index is 2.28. The van der Waals surface area contributed by atoms with Crippen LogP contribution in [0.4, 0.5) is 5.69 Å². The Bertz CT molecular complexity index is 315. The highest BCUT2D eigenvalue weighted by atomic mass is 15.1. The Kier molecular flexibility index (Phi) is 1.69. The lowest BCUT2D eigenvalue weighted by molar-refractivity contribution is -0.803. The molecule has 1 unspecified atom stereocenters. The summed E-state index contributed by atoms with van der Waals surface area (Å²) in [4.78, 5) is 1.56. The van der Waals surface area contributed by atoms with Crippen LogP contribution in [0.5, 0.6) is 0 Å². The van der Waals surface area contributed by atoms with Crippen molar-refractivity contribution in [3.63, 3.8) is 0 Å². The summed E-state index contributed by atoms with van der Waals surface area (Å²) in [6, 6.07) is 4.52. The Hall–Kier alpha value is -0.820.